The molecule has 0 bridgehead atoms. The van der Waals surface area contributed by atoms with Crippen molar-refractivity contribution in [3.8, 4) is 5.75 Å². The molecule has 1 aromatic carbocycles. The maximum absolute atomic E-state index is 12.1. The first-order chi connectivity index (χ1) is 11.3. The highest BCUT2D eigenvalue weighted by molar-refractivity contribution is 8.18. The lowest BCUT2D eigenvalue weighted by Gasteiger charge is -2.06. The molecular weight excluding hydrogens is 310 g/mol. The molecule has 1 aliphatic heterocycles. The Morgan fingerprint density at radius 2 is 2.17 bits per heavy atom. The molecule has 116 valence electrons. The Morgan fingerprint density at radius 3 is 2.96 bits per heavy atom. The fraction of sp³-hybridized carbons (Fsp3) is 0.118. The van der Waals surface area contributed by atoms with Crippen molar-refractivity contribution in [1.29, 1.82) is 0 Å². The van der Waals surface area contributed by atoms with Crippen molar-refractivity contribution in [3.05, 3.63) is 59.3 Å². The number of aromatic nitrogens is 1. The third-order valence-corrected chi connectivity index (χ3v) is 3.93. The van der Waals surface area contributed by atoms with Gasteiger partial charge in [0, 0.05) is 12.4 Å². The van der Waals surface area contributed by atoms with Gasteiger partial charge in [0.1, 0.15) is 11.4 Å². The van der Waals surface area contributed by atoms with Crippen LogP contribution in [0.15, 0.2) is 58.7 Å². The van der Waals surface area contributed by atoms with Crippen molar-refractivity contribution in [2.45, 2.75) is 6.92 Å². The predicted octanol–water partition coefficient (Wildman–Crippen LogP) is 3.37. The Bertz CT molecular complexity index is 772. The Balaban J connectivity index is 1.84. The van der Waals surface area contributed by atoms with E-state index in [0.29, 0.717) is 28.1 Å². The minimum atomic E-state index is -0.161. The van der Waals surface area contributed by atoms with Gasteiger partial charge < -0.3 is 10.1 Å². The normalized spacial score (nSPS) is 17.5. The molecule has 1 amide bonds. The quantitative estimate of drug-likeness (QED) is 0.875. The summed E-state index contributed by atoms with van der Waals surface area (Å²) in [6, 6.07) is 11.2. The third-order valence-electron chi connectivity index (χ3n) is 3.02. The number of carbonyl (C=O) groups excluding carboxylic acids is 1. The Labute approximate surface area is 138 Å². The molecule has 1 aliphatic rings. The highest BCUT2D eigenvalue weighted by atomic mass is 32.2. The second-order valence-electron chi connectivity index (χ2n) is 4.67. The van der Waals surface area contributed by atoms with Gasteiger partial charge in [0.25, 0.3) is 5.91 Å². The molecular formula is C17H15N3O2S. The molecule has 2 heterocycles. The SMILES string of the molecule is CCOc1ccccc1N=C1NC(=O)/C(=C/c2cccnc2)S1. The zero-order valence-corrected chi connectivity index (χ0v) is 13.3. The average molecular weight is 325 g/mol. The van der Waals surface area contributed by atoms with Gasteiger partial charge in [-0.3, -0.25) is 9.78 Å². The monoisotopic (exact) mass is 325 g/mol. The van der Waals surface area contributed by atoms with Crippen molar-refractivity contribution in [3.63, 3.8) is 0 Å². The van der Waals surface area contributed by atoms with Gasteiger partial charge in [-0.1, -0.05) is 18.2 Å². The van der Waals surface area contributed by atoms with Gasteiger partial charge in [-0.25, -0.2) is 4.99 Å². The van der Waals surface area contributed by atoms with Gasteiger partial charge in [0.15, 0.2) is 5.17 Å². The van der Waals surface area contributed by atoms with Gasteiger partial charge in [-0.15, -0.1) is 0 Å². The summed E-state index contributed by atoms with van der Waals surface area (Å²) in [5.74, 6) is 0.536. The van der Waals surface area contributed by atoms with Crippen LogP contribution >= 0.6 is 11.8 Å². The van der Waals surface area contributed by atoms with Gasteiger partial charge in [-0.2, -0.15) is 0 Å². The van der Waals surface area contributed by atoms with Crippen LogP contribution in [0.5, 0.6) is 5.75 Å². The van der Waals surface area contributed by atoms with Crippen molar-refractivity contribution in [2.75, 3.05) is 6.61 Å². The molecule has 1 aromatic heterocycles. The summed E-state index contributed by atoms with van der Waals surface area (Å²) in [5.41, 5.74) is 1.57. The smallest absolute Gasteiger partial charge is 0.264 e. The first-order valence-corrected chi connectivity index (χ1v) is 7.99. The van der Waals surface area contributed by atoms with E-state index in [9.17, 15) is 4.79 Å². The molecule has 0 aliphatic carbocycles. The standard InChI is InChI=1S/C17H15N3O2S/c1-2-22-14-8-4-3-7-13(14)19-17-20-16(21)15(23-17)10-12-6-5-9-18-11-12/h3-11H,2H2,1H3,(H,19,20,21)/b15-10-. The second-order valence-corrected chi connectivity index (χ2v) is 5.70. The number of carbonyl (C=O) groups is 1. The molecule has 0 atom stereocenters. The number of nitrogens with one attached hydrogen (secondary N) is 1. The number of para-hydroxylation sites is 2. The fourth-order valence-electron chi connectivity index (χ4n) is 2.03. The van der Waals surface area contributed by atoms with Crippen LogP contribution in [0.25, 0.3) is 6.08 Å². The predicted molar refractivity (Wildman–Crippen MR) is 92.7 cm³/mol. The van der Waals surface area contributed by atoms with Crippen LogP contribution in [0.4, 0.5) is 5.69 Å². The van der Waals surface area contributed by atoms with Crippen molar-refractivity contribution in [1.82, 2.24) is 10.3 Å². The van der Waals surface area contributed by atoms with Crippen molar-refractivity contribution < 1.29 is 9.53 Å². The number of hydrogen-bond donors (Lipinski definition) is 1. The topological polar surface area (TPSA) is 63.6 Å². The average Bonchev–Trinajstić information content (AvgIpc) is 2.90. The Hall–Kier alpha value is -2.60. The minimum Gasteiger partial charge on any atom is -0.492 e. The van der Waals surface area contributed by atoms with Crippen LogP contribution < -0.4 is 10.1 Å². The summed E-state index contributed by atoms with van der Waals surface area (Å²) in [5, 5.41) is 3.31. The summed E-state index contributed by atoms with van der Waals surface area (Å²) >= 11 is 1.30. The number of hydrogen-bond acceptors (Lipinski definition) is 5. The molecule has 1 fully saturated rings. The molecule has 3 rings (SSSR count). The number of aliphatic imine (C=N–C) groups is 1. The molecule has 0 saturated carbocycles. The van der Waals surface area contributed by atoms with Gasteiger partial charge >= 0.3 is 0 Å². The number of nitrogens with zero attached hydrogens (tertiary/aromatic N) is 2. The summed E-state index contributed by atoms with van der Waals surface area (Å²) in [6.07, 6.45) is 5.20. The van der Waals surface area contributed by atoms with Gasteiger partial charge in [0.05, 0.1) is 11.5 Å². The summed E-state index contributed by atoms with van der Waals surface area (Å²) in [6.45, 7) is 2.48. The molecule has 0 spiro atoms. The molecule has 5 nitrogen and oxygen atoms in total. The first kappa shape index (κ1) is 15.3. The molecule has 1 N–H and O–H groups in total. The minimum absolute atomic E-state index is 0.161. The number of benzene rings is 1. The number of thioether (sulfide) groups is 1. The lowest BCUT2D eigenvalue weighted by atomic mass is 10.2. The van der Waals surface area contributed by atoms with E-state index in [2.05, 4.69) is 15.3 Å². The first-order valence-electron chi connectivity index (χ1n) is 7.17. The zero-order chi connectivity index (χ0) is 16.1. The molecule has 0 unspecified atom stereocenters. The molecule has 0 radical (unpaired) electrons. The van der Waals surface area contributed by atoms with Gasteiger partial charge in [0.2, 0.25) is 0 Å². The Kier molecular flexibility index (Phi) is 4.73. The number of rotatable bonds is 4. The van der Waals surface area contributed by atoms with Crippen molar-refractivity contribution >= 4 is 34.6 Å². The van der Waals surface area contributed by atoms with Crippen LogP contribution in [0.3, 0.4) is 0 Å². The van der Waals surface area contributed by atoms with Gasteiger partial charge in [-0.05, 0) is 48.5 Å². The second kappa shape index (κ2) is 7.11. The number of amidine groups is 1. The highest BCUT2D eigenvalue weighted by Crippen LogP contribution is 2.32. The van der Waals surface area contributed by atoms with Crippen LogP contribution in [-0.4, -0.2) is 22.7 Å². The molecule has 2 aromatic rings. The van der Waals surface area contributed by atoms with E-state index < -0.39 is 0 Å². The molecule has 1 saturated heterocycles. The third kappa shape index (κ3) is 3.78. The van der Waals surface area contributed by atoms with E-state index in [1.807, 2.05) is 43.3 Å². The number of ether oxygens (including phenoxy) is 1. The van der Waals surface area contributed by atoms with E-state index in [4.69, 9.17) is 4.74 Å². The largest absolute Gasteiger partial charge is 0.492 e. The fourth-order valence-corrected chi connectivity index (χ4v) is 2.86. The van der Waals surface area contributed by atoms with Crippen LogP contribution in [0.2, 0.25) is 0 Å². The van der Waals surface area contributed by atoms with E-state index in [-0.39, 0.29) is 5.91 Å². The lowest BCUT2D eigenvalue weighted by Crippen LogP contribution is -2.19. The van der Waals surface area contributed by atoms with E-state index in [1.165, 1.54) is 11.8 Å². The van der Waals surface area contributed by atoms with Crippen molar-refractivity contribution in [2.24, 2.45) is 4.99 Å². The van der Waals surface area contributed by atoms with E-state index in [1.54, 1.807) is 18.5 Å². The summed E-state index contributed by atoms with van der Waals surface area (Å²) in [4.78, 5) is 21.2. The van der Waals surface area contributed by atoms with Crippen LogP contribution in [0.1, 0.15) is 12.5 Å². The number of amides is 1. The maximum atomic E-state index is 12.1. The summed E-state index contributed by atoms with van der Waals surface area (Å²) < 4.78 is 5.54. The highest BCUT2D eigenvalue weighted by Gasteiger charge is 2.24. The molecule has 23 heavy (non-hydrogen) atoms. The maximum Gasteiger partial charge on any atom is 0.264 e. The van der Waals surface area contributed by atoms with Crippen LogP contribution in [0, 0.1) is 0 Å². The van der Waals surface area contributed by atoms with E-state index in [0.717, 1.165) is 5.56 Å². The van der Waals surface area contributed by atoms with Crippen LogP contribution in [-0.2, 0) is 4.79 Å². The Morgan fingerprint density at radius 1 is 1.30 bits per heavy atom. The molecule has 6 heteroatoms. The van der Waals surface area contributed by atoms with E-state index >= 15 is 0 Å². The summed E-state index contributed by atoms with van der Waals surface area (Å²) in [7, 11) is 0. The number of pyridine rings is 1. The zero-order valence-electron chi connectivity index (χ0n) is 12.5. The lowest BCUT2D eigenvalue weighted by molar-refractivity contribution is -0.115.